The predicted octanol–water partition coefficient (Wildman–Crippen LogP) is 0.744. The van der Waals surface area contributed by atoms with Gasteiger partial charge in [0.1, 0.15) is 6.10 Å². The van der Waals surface area contributed by atoms with Crippen molar-refractivity contribution in [2.45, 2.75) is 12.3 Å². The van der Waals surface area contributed by atoms with Gasteiger partial charge in [0.25, 0.3) is 0 Å². The summed E-state index contributed by atoms with van der Waals surface area (Å²) in [6.45, 7) is 2.34. The van der Waals surface area contributed by atoms with Crippen LogP contribution in [-0.2, 0) is 0 Å². The number of aliphatic hydroxyl groups is 1. The molecule has 1 nitrogen and oxygen atoms in total. The van der Waals surface area contributed by atoms with Gasteiger partial charge in [0.2, 0.25) is 0 Å². The average Bonchev–Trinajstić information content (AvgIpc) is 1.31. The van der Waals surface area contributed by atoms with Gasteiger partial charge in [-0.05, 0) is 6.92 Å². The van der Waals surface area contributed by atoms with Crippen molar-refractivity contribution in [3.8, 4) is 0 Å². The Balaban J connectivity index is 3.54. The zero-order valence-corrected chi connectivity index (χ0v) is 3.37. The summed E-state index contributed by atoms with van der Waals surface area (Å²) >= 11 is 0. The summed E-state index contributed by atoms with van der Waals surface area (Å²) in [5.41, 5.74) is 0. The van der Waals surface area contributed by atoms with E-state index in [2.05, 4.69) is 6.92 Å². The van der Waals surface area contributed by atoms with Crippen LogP contribution in [0, 0.1) is 6.92 Å². The molecule has 1 atom stereocenters. The summed E-state index contributed by atoms with van der Waals surface area (Å²) in [4.78, 5) is 0. The van der Waals surface area contributed by atoms with E-state index in [9.17, 15) is 13.2 Å². The molecule has 43 valence electrons. The van der Waals surface area contributed by atoms with Gasteiger partial charge < -0.3 is 5.11 Å². The summed E-state index contributed by atoms with van der Waals surface area (Å²) in [6.07, 6.45) is -7.01. The van der Waals surface area contributed by atoms with Crippen LogP contribution in [0.1, 0.15) is 0 Å². The van der Waals surface area contributed by atoms with Crippen molar-refractivity contribution < 1.29 is 18.3 Å². The minimum atomic E-state index is -4.56. The van der Waals surface area contributed by atoms with Crippen LogP contribution >= 0.6 is 0 Å². The highest BCUT2D eigenvalue weighted by atomic mass is 19.4. The molecule has 0 heterocycles. The van der Waals surface area contributed by atoms with E-state index in [0.717, 1.165) is 0 Å². The number of halogens is 3. The predicted molar refractivity (Wildman–Crippen MR) is 17.4 cm³/mol. The molecule has 0 saturated carbocycles. The molecule has 0 aromatic rings. The molecule has 0 aliphatic rings. The minimum absolute atomic E-state index is 2.34. The van der Waals surface area contributed by atoms with Gasteiger partial charge in [-0.2, -0.15) is 13.2 Å². The van der Waals surface area contributed by atoms with Crippen molar-refractivity contribution in [1.29, 1.82) is 0 Å². The molecule has 1 radical (unpaired) electrons. The number of alkyl halides is 3. The van der Waals surface area contributed by atoms with E-state index in [0.29, 0.717) is 0 Å². The Morgan fingerprint density at radius 3 is 1.57 bits per heavy atom. The molecule has 0 unspecified atom stereocenters. The molecule has 0 aromatic heterocycles. The van der Waals surface area contributed by atoms with Crippen LogP contribution in [0.5, 0.6) is 0 Å². The van der Waals surface area contributed by atoms with E-state index in [4.69, 9.17) is 5.11 Å². The van der Waals surface area contributed by atoms with Gasteiger partial charge in [0, 0.05) is 0 Å². The zero-order valence-electron chi connectivity index (χ0n) is 3.37. The van der Waals surface area contributed by atoms with Crippen molar-refractivity contribution >= 4 is 0 Å². The van der Waals surface area contributed by atoms with Gasteiger partial charge in [-0.15, -0.1) is 0 Å². The number of hydrogen-bond donors (Lipinski definition) is 1. The van der Waals surface area contributed by atoms with Crippen LogP contribution < -0.4 is 0 Å². The highest BCUT2D eigenvalue weighted by Crippen LogP contribution is 2.18. The SMILES string of the molecule is [CH2][C@@H](O)C(F)(F)F. The van der Waals surface area contributed by atoms with Gasteiger partial charge in [-0.25, -0.2) is 0 Å². The van der Waals surface area contributed by atoms with Crippen LogP contribution in [0.2, 0.25) is 0 Å². The fourth-order valence-corrected chi connectivity index (χ4v) is 0. The smallest absolute Gasteiger partial charge is 0.384 e. The summed E-state index contributed by atoms with van der Waals surface area (Å²) in [5.74, 6) is 0. The second-order valence-electron chi connectivity index (χ2n) is 1.06. The molecule has 0 amide bonds. The first-order valence-electron chi connectivity index (χ1n) is 1.52. The topological polar surface area (TPSA) is 20.2 Å². The quantitative estimate of drug-likeness (QED) is 0.491. The van der Waals surface area contributed by atoms with Crippen molar-refractivity contribution in [1.82, 2.24) is 0 Å². The van der Waals surface area contributed by atoms with E-state index in [1.54, 1.807) is 0 Å². The third kappa shape index (κ3) is 2.45. The Kier molecular flexibility index (Phi) is 1.63. The van der Waals surface area contributed by atoms with E-state index in [-0.39, 0.29) is 0 Å². The van der Waals surface area contributed by atoms with Crippen LogP contribution in [0.3, 0.4) is 0 Å². The second-order valence-corrected chi connectivity index (χ2v) is 1.06. The molecule has 0 aromatic carbocycles. The Morgan fingerprint density at radius 2 is 1.57 bits per heavy atom. The average molecular weight is 113 g/mol. The summed E-state index contributed by atoms with van der Waals surface area (Å²) in [7, 11) is 0. The molecule has 0 rings (SSSR count). The molecule has 0 spiro atoms. The summed E-state index contributed by atoms with van der Waals surface area (Å²) in [5, 5.41) is 7.65. The highest BCUT2D eigenvalue weighted by molar-refractivity contribution is 4.65. The molecule has 0 bridgehead atoms. The standard InChI is InChI=1S/C3H4F3O/c1-2(7)3(4,5)6/h2,7H,1H2/t2-/m1/s1. The Morgan fingerprint density at radius 1 is 1.43 bits per heavy atom. The van der Waals surface area contributed by atoms with Gasteiger partial charge in [-0.1, -0.05) is 0 Å². The molecule has 0 saturated heterocycles. The van der Waals surface area contributed by atoms with Gasteiger partial charge in [0.05, 0.1) is 0 Å². The minimum Gasteiger partial charge on any atom is -0.384 e. The molecule has 0 aliphatic heterocycles. The second kappa shape index (κ2) is 1.69. The lowest BCUT2D eigenvalue weighted by atomic mass is 10.4. The highest BCUT2D eigenvalue weighted by Gasteiger charge is 2.34. The van der Waals surface area contributed by atoms with E-state index >= 15 is 0 Å². The lowest BCUT2D eigenvalue weighted by Crippen LogP contribution is -2.24. The van der Waals surface area contributed by atoms with E-state index < -0.39 is 12.3 Å². The van der Waals surface area contributed by atoms with Gasteiger partial charge in [0.15, 0.2) is 0 Å². The molecule has 7 heavy (non-hydrogen) atoms. The largest absolute Gasteiger partial charge is 0.414 e. The van der Waals surface area contributed by atoms with E-state index in [1.807, 2.05) is 0 Å². The third-order valence-corrected chi connectivity index (χ3v) is 0.378. The maximum absolute atomic E-state index is 10.9. The Bertz CT molecular complexity index is 55.7. The Hall–Kier alpha value is -0.250. The lowest BCUT2D eigenvalue weighted by molar-refractivity contribution is -0.188. The van der Waals surface area contributed by atoms with Crippen LogP contribution in [-0.4, -0.2) is 17.4 Å². The first kappa shape index (κ1) is 6.75. The van der Waals surface area contributed by atoms with E-state index in [1.165, 1.54) is 0 Å². The fourth-order valence-electron chi connectivity index (χ4n) is 0. The molecule has 0 aliphatic carbocycles. The summed E-state index contributed by atoms with van der Waals surface area (Å²) in [6, 6.07) is 0. The Labute approximate surface area is 38.8 Å². The van der Waals surface area contributed by atoms with Gasteiger partial charge in [-0.3, -0.25) is 0 Å². The first-order valence-corrected chi connectivity index (χ1v) is 1.52. The molecular weight excluding hydrogens is 109 g/mol. The maximum Gasteiger partial charge on any atom is 0.414 e. The van der Waals surface area contributed by atoms with Crippen LogP contribution in [0.15, 0.2) is 0 Å². The van der Waals surface area contributed by atoms with Gasteiger partial charge >= 0.3 is 6.18 Å². The first-order chi connectivity index (χ1) is 2.94. The molecular formula is C3H4F3O. The molecule has 4 heteroatoms. The normalized spacial score (nSPS) is 16.7. The number of aliphatic hydroxyl groups excluding tert-OH is 1. The zero-order chi connectivity index (χ0) is 6.08. The fraction of sp³-hybridized carbons (Fsp3) is 0.667. The van der Waals surface area contributed by atoms with Crippen LogP contribution in [0.25, 0.3) is 0 Å². The number of rotatable bonds is 0. The third-order valence-electron chi connectivity index (χ3n) is 0.378. The number of hydrogen-bond acceptors (Lipinski definition) is 1. The van der Waals surface area contributed by atoms with Crippen molar-refractivity contribution in [2.75, 3.05) is 0 Å². The maximum atomic E-state index is 10.9. The van der Waals surface area contributed by atoms with Crippen molar-refractivity contribution in [3.05, 3.63) is 6.92 Å². The molecule has 1 N–H and O–H groups in total. The summed E-state index contributed by atoms with van der Waals surface area (Å²) < 4.78 is 32.6. The lowest BCUT2D eigenvalue weighted by Gasteiger charge is -2.06. The van der Waals surface area contributed by atoms with Crippen molar-refractivity contribution in [3.63, 3.8) is 0 Å². The van der Waals surface area contributed by atoms with Crippen molar-refractivity contribution in [2.24, 2.45) is 0 Å². The molecule has 0 fully saturated rings. The monoisotopic (exact) mass is 113 g/mol. The van der Waals surface area contributed by atoms with Crippen LogP contribution in [0.4, 0.5) is 13.2 Å².